The Hall–Kier alpha value is -1.46. The fourth-order valence-electron chi connectivity index (χ4n) is 1.30. The smallest absolute Gasteiger partial charge is 0.256 e. The minimum Gasteiger partial charge on any atom is -0.307 e. The lowest BCUT2D eigenvalue weighted by molar-refractivity contribution is 0.102. The molecule has 2 aromatic rings. The standard InChI is InChI=1S/C12H7BrClFN2O/c13-9-2-1-7(5-10(9)15)12(18)17-11-6-8(14)3-4-16-11/h1-6H,(H,16,17,18). The Labute approximate surface area is 116 Å². The second-order valence-electron chi connectivity index (χ2n) is 3.44. The number of carbonyl (C=O) groups is 1. The van der Waals surface area contributed by atoms with Crippen LogP contribution in [0.5, 0.6) is 0 Å². The van der Waals surface area contributed by atoms with Gasteiger partial charge in [-0.15, -0.1) is 0 Å². The highest BCUT2D eigenvalue weighted by Crippen LogP contribution is 2.18. The van der Waals surface area contributed by atoms with Crippen molar-refractivity contribution in [3.63, 3.8) is 0 Å². The number of aromatic nitrogens is 1. The van der Waals surface area contributed by atoms with E-state index in [1.807, 2.05) is 0 Å². The molecule has 1 heterocycles. The number of benzene rings is 1. The van der Waals surface area contributed by atoms with Crippen LogP contribution >= 0.6 is 27.5 Å². The van der Waals surface area contributed by atoms with Gasteiger partial charge in [-0.3, -0.25) is 4.79 Å². The molecule has 0 fully saturated rings. The Morgan fingerprint density at radius 1 is 1.33 bits per heavy atom. The molecule has 1 aromatic carbocycles. The van der Waals surface area contributed by atoms with Crippen LogP contribution in [-0.2, 0) is 0 Å². The Balaban J connectivity index is 2.19. The summed E-state index contributed by atoms with van der Waals surface area (Å²) in [5.74, 6) is -0.631. The van der Waals surface area contributed by atoms with E-state index in [1.54, 1.807) is 6.07 Å². The first-order chi connectivity index (χ1) is 8.56. The van der Waals surface area contributed by atoms with Crippen LogP contribution in [0.25, 0.3) is 0 Å². The predicted molar refractivity (Wildman–Crippen MR) is 71.3 cm³/mol. The summed E-state index contributed by atoms with van der Waals surface area (Å²) in [6, 6.07) is 7.22. The zero-order chi connectivity index (χ0) is 13.1. The van der Waals surface area contributed by atoms with E-state index in [2.05, 4.69) is 26.2 Å². The molecule has 1 amide bonds. The van der Waals surface area contributed by atoms with E-state index in [0.29, 0.717) is 15.3 Å². The summed E-state index contributed by atoms with van der Waals surface area (Å²) in [5.41, 5.74) is 0.206. The van der Waals surface area contributed by atoms with Crippen molar-refractivity contribution in [3.8, 4) is 0 Å². The summed E-state index contributed by atoms with van der Waals surface area (Å²) >= 11 is 8.78. The van der Waals surface area contributed by atoms with E-state index < -0.39 is 11.7 Å². The molecule has 0 aliphatic rings. The normalized spacial score (nSPS) is 10.2. The van der Waals surface area contributed by atoms with Crippen LogP contribution in [0.3, 0.4) is 0 Å². The molecule has 0 atom stereocenters. The van der Waals surface area contributed by atoms with Crippen molar-refractivity contribution >= 4 is 39.3 Å². The SMILES string of the molecule is O=C(Nc1cc(Cl)ccn1)c1ccc(Br)c(F)c1. The molecule has 0 saturated heterocycles. The van der Waals surface area contributed by atoms with Gasteiger partial charge in [-0.2, -0.15) is 0 Å². The van der Waals surface area contributed by atoms with Gasteiger partial charge in [0.2, 0.25) is 0 Å². The third-order valence-electron chi connectivity index (χ3n) is 2.15. The summed E-state index contributed by atoms with van der Waals surface area (Å²) in [4.78, 5) is 15.7. The molecular weight excluding hydrogens is 322 g/mol. The van der Waals surface area contributed by atoms with E-state index in [0.717, 1.165) is 6.07 Å². The van der Waals surface area contributed by atoms with Gasteiger partial charge in [0, 0.05) is 16.8 Å². The summed E-state index contributed by atoms with van der Waals surface area (Å²) in [5, 5.41) is 2.99. The number of anilines is 1. The first-order valence-corrected chi connectivity index (χ1v) is 6.11. The van der Waals surface area contributed by atoms with Crippen molar-refractivity contribution in [3.05, 3.63) is 57.4 Å². The van der Waals surface area contributed by atoms with Gasteiger partial charge in [0.25, 0.3) is 5.91 Å². The molecule has 1 N–H and O–H groups in total. The lowest BCUT2D eigenvalue weighted by Crippen LogP contribution is -2.13. The first-order valence-electron chi connectivity index (χ1n) is 4.94. The van der Waals surface area contributed by atoms with Gasteiger partial charge in [-0.1, -0.05) is 11.6 Å². The maximum absolute atomic E-state index is 13.3. The largest absolute Gasteiger partial charge is 0.307 e. The quantitative estimate of drug-likeness (QED) is 0.908. The third kappa shape index (κ3) is 3.05. The van der Waals surface area contributed by atoms with Crippen LogP contribution in [0, 0.1) is 5.82 Å². The average Bonchev–Trinajstić information content (AvgIpc) is 2.32. The van der Waals surface area contributed by atoms with Crippen LogP contribution < -0.4 is 5.32 Å². The van der Waals surface area contributed by atoms with Crippen LogP contribution in [0.1, 0.15) is 10.4 Å². The maximum atomic E-state index is 13.3. The summed E-state index contributed by atoms with van der Waals surface area (Å²) in [6.45, 7) is 0. The van der Waals surface area contributed by atoms with Crippen LogP contribution in [-0.4, -0.2) is 10.9 Å². The topological polar surface area (TPSA) is 42.0 Å². The first kappa shape index (κ1) is 13.0. The highest BCUT2D eigenvalue weighted by Gasteiger charge is 2.09. The van der Waals surface area contributed by atoms with Crippen LogP contribution in [0.4, 0.5) is 10.2 Å². The van der Waals surface area contributed by atoms with Crippen molar-refractivity contribution in [2.24, 2.45) is 0 Å². The Morgan fingerprint density at radius 2 is 2.11 bits per heavy atom. The van der Waals surface area contributed by atoms with E-state index in [-0.39, 0.29) is 5.56 Å². The number of pyridine rings is 1. The predicted octanol–water partition coefficient (Wildman–Crippen LogP) is 3.89. The number of amides is 1. The molecule has 0 bridgehead atoms. The molecule has 1 aromatic heterocycles. The molecule has 0 saturated carbocycles. The maximum Gasteiger partial charge on any atom is 0.256 e. The number of nitrogens with zero attached hydrogens (tertiary/aromatic N) is 1. The number of hydrogen-bond acceptors (Lipinski definition) is 2. The lowest BCUT2D eigenvalue weighted by Gasteiger charge is -2.05. The molecular formula is C12H7BrClFN2O. The van der Waals surface area contributed by atoms with Crippen molar-refractivity contribution in [2.45, 2.75) is 0 Å². The van der Waals surface area contributed by atoms with Crippen LogP contribution in [0.2, 0.25) is 5.02 Å². The molecule has 0 aliphatic heterocycles. The molecule has 0 spiro atoms. The number of halogens is 3. The van der Waals surface area contributed by atoms with Gasteiger partial charge in [-0.25, -0.2) is 9.37 Å². The lowest BCUT2D eigenvalue weighted by atomic mass is 10.2. The zero-order valence-electron chi connectivity index (χ0n) is 8.95. The summed E-state index contributed by atoms with van der Waals surface area (Å²) in [7, 11) is 0. The van der Waals surface area contributed by atoms with Crippen molar-refractivity contribution in [1.82, 2.24) is 4.98 Å². The summed E-state index contributed by atoms with van der Waals surface area (Å²) < 4.78 is 13.6. The highest BCUT2D eigenvalue weighted by atomic mass is 79.9. The minimum absolute atomic E-state index is 0.206. The van der Waals surface area contributed by atoms with E-state index in [1.165, 1.54) is 24.4 Å². The highest BCUT2D eigenvalue weighted by molar-refractivity contribution is 9.10. The van der Waals surface area contributed by atoms with Gasteiger partial charge >= 0.3 is 0 Å². The van der Waals surface area contributed by atoms with Crippen LogP contribution in [0.15, 0.2) is 41.0 Å². The number of carbonyl (C=O) groups excluding carboxylic acids is 1. The van der Waals surface area contributed by atoms with Gasteiger partial charge < -0.3 is 5.32 Å². The molecule has 0 radical (unpaired) electrons. The van der Waals surface area contributed by atoms with Crippen molar-refractivity contribution in [1.29, 1.82) is 0 Å². The third-order valence-corrected chi connectivity index (χ3v) is 3.02. The monoisotopic (exact) mass is 328 g/mol. The fraction of sp³-hybridized carbons (Fsp3) is 0. The molecule has 2 rings (SSSR count). The molecule has 92 valence electrons. The van der Waals surface area contributed by atoms with Gasteiger partial charge in [0.05, 0.1) is 4.47 Å². The Kier molecular flexibility index (Phi) is 3.93. The second-order valence-corrected chi connectivity index (χ2v) is 4.73. The van der Waals surface area contributed by atoms with Gasteiger partial charge in [0.1, 0.15) is 11.6 Å². The van der Waals surface area contributed by atoms with Crippen molar-refractivity contribution in [2.75, 3.05) is 5.32 Å². The fourth-order valence-corrected chi connectivity index (χ4v) is 1.71. The van der Waals surface area contributed by atoms with E-state index in [4.69, 9.17) is 11.6 Å². The molecule has 3 nitrogen and oxygen atoms in total. The second kappa shape index (κ2) is 5.46. The zero-order valence-corrected chi connectivity index (χ0v) is 11.3. The molecule has 18 heavy (non-hydrogen) atoms. The molecule has 0 aliphatic carbocycles. The number of rotatable bonds is 2. The van der Waals surface area contributed by atoms with E-state index in [9.17, 15) is 9.18 Å². The Morgan fingerprint density at radius 3 is 2.78 bits per heavy atom. The average molecular weight is 330 g/mol. The van der Waals surface area contributed by atoms with Crippen molar-refractivity contribution < 1.29 is 9.18 Å². The molecule has 0 unspecified atom stereocenters. The van der Waals surface area contributed by atoms with Gasteiger partial charge in [0.15, 0.2) is 0 Å². The number of hydrogen-bond donors (Lipinski definition) is 1. The number of nitrogens with one attached hydrogen (secondary N) is 1. The minimum atomic E-state index is -0.498. The summed E-state index contributed by atoms with van der Waals surface area (Å²) in [6.07, 6.45) is 1.47. The van der Waals surface area contributed by atoms with E-state index >= 15 is 0 Å². The molecule has 6 heteroatoms. The van der Waals surface area contributed by atoms with Gasteiger partial charge in [-0.05, 0) is 46.3 Å². The Bertz CT molecular complexity index is 606.